The molecule has 7 heteroatoms. The molecule has 0 spiro atoms. The van der Waals surface area contributed by atoms with Gasteiger partial charge in [0.1, 0.15) is 16.3 Å². The van der Waals surface area contributed by atoms with Crippen LogP contribution in [0.2, 0.25) is 0 Å². The van der Waals surface area contributed by atoms with Crippen molar-refractivity contribution >= 4 is 17.0 Å². The van der Waals surface area contributed by atoms with Crippen molar-refractivity contribution in [3.8, 4) is 0 Å². The zero-order chi connectivity index (χ0) is 10.9. The second-order valence-corrected chi connectivity index (χ2v) is 3.23. The lowest BCUT2D eigenvalue weighted by Gasteiger charge is -2.02. The van der Waals surface area contributed by atoms with Crippen LogP contribution >= 0.6 is 0 Å². The van der Waals surface area contributed by atoms with Crippen molar-refractivity contribution in [3.05, 3.63) is 29.3 Å². The minimum Gasteiger partial charge on any atom is -0.477 e. The molecule has 0 aliphatic rings. The molecule has 0 aliphatic heterocycles. The molecule has 0 heterocycles. The molecule has 0 amide bonds. The molecule has 0 saturated heterocycles. The fourth-order valence-electron chi connectivity index (χ4n) is 0.864. The third kappa shape index (κ3) is 1.78. The molecule has 1 atom stereocenters. The Balaban J connectivity index is 3.49. The quantitative estimate of drug-likeness (QED) is 0.738. The number of halogens is 2. The molecule has 0 radical (unpaired) electrons. The number of hydrogen-bond donors (Lipinski definition) is 2. The molecule has 1 unspecified atom stereocenters. The van der Waals surface area contributed by atoms with Gasteiger partial charge in [-0.25, -0.2) is 17.8 Å². The summed E-state index contributed by atoms with van der Waals surface area (Å²) in [6.07, 6.45) is 0. The summed E-state index contributed by atoms with van der Waals surface area (Å²) in [6.45, 7) is 0. The van der Waals surface area contributed by atoms with Crippen LogP contribution in [0.25, 0.3) is 0 Å². The van der Waals surface area contributed by atoms with Gasteiger partial charge in [-0.1, -0.05) is 0 Å². The van der Waals surface area contributed by atoms with Crippen LogP contribution < -0.4 is 0 Å². The Kier molecular flexibility index (Phi) is 2.92. The molecule has 0 fully saturated rings. The van der Waals surface area contributed by atoms with Crippen molar-refractivity contribution in [2.24, 2.45) is 0 Å². The van der Waals surface area contributed by atoms with Crippen molar-refractivity contribution in [3.63, 3.8) is 0 Å². The smallest absolute Gasteiger partial charge is 0.341 e. The van der Waals surface area contributed by atoms with E-state index in [9.17, 15) is 17.8 Å². The van der Waals surface area contributed by atoms with E-state index >= 15 is 0 Å². The van der Waals surface area contributed by atoms with Crippen LogP contribution in [0.1, 0.15) is 10.4 Å². The Labute approximate surface area is 79.5 Å². The van der Waals surface area contributed by atoms with Gasteiger partial charge in [0.25, 0.3) is 0 Å². The first kappa shape index (κ1) is 10.7. The minimum absolute atomic E-state index is 0.621. The zero-order valence-electron chi connectivity index (χ0n) is 6.53. The summed E-state index contributed by atoms with van der Waals surface area (Å²) < 4.78 is 44.8. The number of aromatic carboxylic acids is 1. The van der Waals surface area contributed by atoms with Crippen LogP contribution in [-0.4, -0.2) is 19.8 Å². The van der Waals surface area contributed by atoms with Crippen molar-refractivity contribution in [1.29, 1.82) is 0 Å². The first-order chi connectivity index (χ1) is 6.45. The normalized spacial score (nSPS) is 12.5. The van der Waals surface area contributed by atoms with Crippen LogP contribution in [0.3, 0.4) is 0 Å². The second-order valence-electron chi connectivity index (χ2n) is 2.29. The molecular weight excluding hydrogens is 218 g/mol. The Morgan fingerprint density at radius 1 is 1.36 bits per heavy atom. The molecule has 14 heavy (non-hydrogen) atoms. The van der Waals surface area contributed by atoms with E-state index in [2.05, 4.69) is 0 Å². The van der Waals surface area contributed by atoms with Gasteiger partial charge in [-0.15, -0.1) is 0 Å². The highest BCUT2D eigenvalue weighted by molar-refractivity contribution is 7.79. The van der Waals surface area contributed by atoms with Gasteiger partial charge in [-0.05, 0) is 12.1 Å². The Hall–Kier alpha value is -1.34. The van der Waals surface area contributed by atoms with E-state index in [-0.39, 0.29) is 0 Å². The number of carboxylic acid groups (broad SMARTS) is 1. The van der Waals surface area contributed by atoms with E-state index < -0.39 is 39.1 Å². The molecule has 1 aromatic rings. The van der Waals surface area contributed by atoms with E-state index in [1.807, 2.05) is 0 Å². The summed E-state index contributed by atoms with van der Waals surface area (Å²) in [4.78, 5) is 9.60. The summed E-state index contributed by atoms with van der Waals surface area (Å²) in [5.41, 5.74) is -1.23. The molecule has 2 N–H and O–H groups in total. The maximum absolute atomic E-state index is 13.1. The highest BCUT2D eigenvalue weighted by atomic mass is 32.2. The summed E-state index contributed by atoms with van der Waals surface area (Å²) >= 11 is -2.68. The first-order valence-electron chi connectivity index (χ1n) is 3.27. The molecule has 0 aromatic heterocycles. The summed E-state index contributed by atoms with van der Waals surface area (Å²) in [5, 5.41) is 8.39. The van der Waals surface area contributed by atoms with E-state index in [1.165, 1.54) is 0 Å². The fourth-order valence-corrected chi connectivity index (χ4v) is 1.30. The number of benzene rings is 1. The van der Waals surface area contributed by atoms with Crippen LogP contribution in [0.5, 0.6) is 0 Å². The van der Waals surface area contributed by atoms with Crippen LogP contribution in [0.4, 0.5) is 8.78 Å². The van der Waals surface area contributed by atoms with Gasteiger partial charge in [0.2, 0.25) is 0 Å². The van der Waals surface area contributed by atoms with Gasteiger partial charge in [-0.3, -0.25) is 0 Å². The van der Waals surface area contributed by atoms with E-state index in [4.69, 9.17) is 9.66 Å². The third-order valence-electron chi connectivity index (χ3n) is 1.46. The van der Waals surface area contributed by atoms with Gasteiger partial charge in [-0.2, -0.15) is 0 Å². The highest BCUT2D eigenvalue weighted by Gasteiger charge is 2.21. The number of carbonyl (C=O) groups is 1. The van der Waals surface area contributed by atoms with E-state index in [0.717, 1.165) is 0 Å². The highest BCUT2D eigenvalue weighted by Crippen LogP contribution is 2.18. The topological polar surface area (TPSA) is 74.6 Å². The molecule has 0 aliphatic carbocycles. The largest absolute Gasteiger partial charge is 0.477 e. The van der Waals surface area contributed by atoms with Crippen LogP contribution in [-0.2, 0) is 11.1 Å². The monoisotopic (exact) mass is 222 g/mol. The molecular formula is C7H4F2O4S. The fraction of sp³-hybridized carbons (Fsp3) is 0. The van der Waals surface area contributed by atoms with Crippen molar-refractivity contribution < 1.29 is 27.4 Å². The maximum Gasteiger partial charge on any atom is 0.341 e. The van der Waals surface area contributed by atoms with E-state index in [1.54, 1.807) is 0 Å². The van der Waals surface area contributed by atoms with Gasteiger partial charge in [0, 0.05) is 0 Å². The lowest BCUT2D eigenvalue weighted by atomic mass is 10.2. The molecule has 1 aromatic carbocycles. The lowest BCUT2D eigenvalue weighted by Crippen LogP contribution is -2.07. The van der Waals surface area contributed by atoms with Gasteiger partial charge < -0.3 is 9.66 Å². The number of hydrogen-bond acceptors (Lipinski definition) is 2. The SMILES string of the molecule is O=C(O)c1c(F)ccc(S(=O)O)c1F. The average molecular weight is 222 g/mol. The lowest BCUT2D eigenvalue weighted by molar-refractivity contribution is 0.0685. The Bertz CT molecular complexity index is 418. The minimum atomic E-state index is -2.68. The molecule has 0 bridgehead atoms. The average Bonchev–Trinajstić information content (AvgIpc) is 2.02. The van der Waals surface area contributed by atoms with Gasteiger partial charge in [0.15, 0.2) is 16.9 Å². The van der Waals surface area contributed by atoms with Gasteiger partial charge in [0.05, 0.1) is 0 Å². The Morgan fingerprint density at radius 3 is 2.36 bits per heavy atom. The summed E-state index contributed by atoms with van der Waals surface area (Å²) in [7, 11) is 0. The molecule has 4 nitrogen and oxygen atoms in total. The summed E-state index contributed by atoms with van der Waals surface area (Å²) in [5.74, 6) is -4.64. The third-order valence-corrected chi connectivity index (χ3v) is 2.15. The predicted octanol–water partition coefficient (Wildman–Crippen LogP) is 1.24. The second kappa shape index (κ2) is 3.81. The van der Waals surface area contributed by atoms with Crippen molar-refractivity contribution in [1.82, 2.24) is 0 Å². The molecule has 1 rings (SSSR count). The number of carboxylic acids is 1. The van der Waals surface area contributed by atoms with Crippen LogP contribution in [0.15, 0.2) is 17.0 Å². The zero-order valence-corrected chi connectivity index (χ0v) is 7.35. The van der Waals surface area contributed by atoms with E-state index in [0.29, 0.717) is 12.1 Å². The van der Waals surface area contributed by atoms with Crippen molar-refractivity contribution in [2.45, 2.75) is 4.90 Å². The Morgan fingerprint density at radius 2 is 1.93 bits per heavy atom. The molecule has 0 saturated carbocycles. The van der Waals surface area contributed by atoms with Crippen LogP contribution in [0, 0.1) is 11.6 Å². The van der Waals surface area contributed by atoms with Crippen molar-refractivity contribution in [2.75, 3.05) is 0 Å². The predicted molar refractivity (Wildman–Crippen MR) is 42.4 cm³/mol. The number of rotatable bonds is 2. The maximum atomic E-state index is 13.1. The molecule has 76 valence electrons. The standard InChI is InChI=1S/C7H4F2O4S/c8-3-1-2-4(14(12)13)6(9)5(3)7(10)11/h1-2H,(H,10,11)(H,12,13). The first-order valence-corrected chi connectivity index (χ1v) is 4.38. The summed E-state index contributed by atoms with van der Waals surface area (Å²) in [6, 6.07) is 1.34. The van der Waals surface area contributed by atoms with Gasteiger partial charge >= 0.3 is 5.97 Å².